The van der Waals surface area contributed by atoms with Crippen LogP contribution < -0.4 is 0 Å². The van der Waals surface area contributed by atoms with E-state index < -0.39 is 0 Å². The molecule has 94 valence electrons. The molecule has 0 saturated heterocycles. The third-order valence-corrected chi connectivity index (χ3v) is 2.58. The van der Waals surface area contributed by atoms with Gasteiger partial charge in [0.05, 0.1) is 0 Å². The van der Waals surface area contributed by atoms with Crippen molar-refractivity contribution in [2.45, 2.75) is 13.5 Å². The number of aromatic nitrogens is 2. The summed E-state index contributed by atoms with van der Waals surface area (Å²) in [7, 11) is 0. The minimum atomic E-state index is -0.282. The number of nitrogens with one attached hydrogen (secondary N) is 1. The highest BCUT2D eigenvalue weighted by molar-refractivity contribution is 7.71. The predicted molar refractivity (Wildman–Crippen MR) is 70.1 cm³/mol. The molecule has 5 heteroatoms. The number of ether oxygens (including phenoxy) is 1. The van der Waals surface area contributed by atoms with Gasteiger partial charge >= 0.3 is 0 Å². The number of aromatic amines is 1. The lowest BCUT2D eigenvalue weighted by Crippen LogP contribution is -2.00. The van der Waals surface area contributed by atoms with E-state index in [2.05, 4.69) is 9.97 Å². The molecule has 1 N–H and O–H groups in total. The van der Waals surface area contributed by atoms with Crippen molar-refractivity contribution in [2.75, 3.05) is 6.61 Å². The molecule has 2 rings (SSSR count). The Labute approximate surface area is 110 Å². The Balaban J connectivity index is 2.38. The highest BCUT2D eigenvalue weighted by atomic mass is 32.1. The quantitative estimate of drug-likeness (QED) is 0.859. The van der Waals surface area contributed by atoms with Crippen molar-refractivity contribution in [3.05, 3.63) is 46.6 Å². The van der Waals surface area contributed by atoms with Crippen LogP contribution in [0.4, 0.5) is 4.39 Å². The molecule has 0 unspecified atom stereocenters. The maximum absolute atomic E-state index is 13.2. The minimum Gasteiger partial charge on any atom is -0.374 e. The van der Waals surface area contributed by atoms with Gasteiger partial charge in [-0.1, -0.05) is 24.4 Å². The lowest BCUT2D eigenvalue weighted by Gasteiger charge is -2.06. The lowest BCUT2D eigenvalue weighted by atomic mass is 10.1. The Morgan fingerprint density at radius 1 is 1.39 bits per heavy atom. The number of hydrogen-bond donors (Lipinski definition) is 1. The van der Waals surface area contributed by atoms with Gasteiger partial charge in [0.15, 0.2) is 0 Å². The van der Waals surface area contributed by atoms with Crippen LogP contribution in [0.15, 0.2) is 30.3 Å². The first-order chi connectivity index (χ1) is 8.69. The second kappa shape index (κ2) is 5.84. The standard InChI is InChI=1S/C13H13FN2OS/c1-2-17-8-12-15-11(7-13(18)16-12)9-4-3-5-10(14)6-9/h3-7H,2,8H2,1H3,(H,15,16,18). The maximum atomic E-state index is 13.2. The molecule has 0 aliphatic rings. The Morgan fingerprint density at radius 3 is 2.94 bits per heavy atom. The molecule has 1 heterocycles. The van der Waals surface area contributed by atoms with Crippen LogP contribution in [-0.2, 0) is 11.3 Å². The van der Waals surface area contributed by atoms with Gasteiger partial charge in [-0.2, -0.15) is 0 Å². The number of nitrogens with zero attached hydrogens (tertiary/aromatic N) is 1. The van der Waals surface area contributed by atoms with Crippen LogP contribution in [0.1, 0.15) is 12.7 Å². The van der Waals surface area contributed by atoms with Crippen LogP contribution in [0.5, 0.6) is 0 Å². The van der Waals surface area contributed by atoms with Crippen LogP contribution in [0.25, 0.3) is 11.3 Å². The van der Waals surface area contributed by atoms with Crippen molar-refractivity contribution >= 4 is 12.2 Å². The summed E-state index contributed by atoms with van der Waals surface area (Å²) >= 11 is 5.09. The largest absolute Gasteiger partial charge is 0.374 e. The van der Waals surface area contributed by atoms with Crippen LogP contribution in [0, 0.1) is 10.5 Å². The molecule has 18 heavy (non-hydrogen) atoms. The average molecular weight is 264 g/mol. The van der Waals surface area contributed by atoms with Crippen molar-refractivity contribution in [3.63, 3.8) is 0 Å². The van der Waals surface area contributed by atoms with E-state index in [-0.39, 0.29) is 5.82 Å². The Bertz CT molecular complexity index is 598. The van der Waals surface area contributed by atoms with E-state index >= 15 is 0 Å². The van der Waals surface area contributed by atoms with Gasteiger partial charge in [-0.15, -0.1) is 0 Å². The molecule has 1 aromatic heterocycles. The summed E-state index contributed by atoms with van der Waals surface area (Å²) < 4.78 is 18.9. The molecule has 0 aliphatic heterocycles. The van der Waals surface area contributed by atoms with Gasteiger partial charge in [0, 0.05) is 17.9 Å². The molecule has 0 radical (unpaired) electrons. The van der Waals surface area contributed by atoms with Crippen molar-refractivity contribution in [1.29, 1.82) is 0 Å². The lowest BCUT2D eigenvalue weighted by molar-refractivity contribution is 0.128. The molecule has 1 aromatic carbocycles. The molecular formula is C13H13FN2OS. The van der Waals surface area contributed by atoms with E-state index in [1.807, 2.05) is 13.0 Å². The fraction of sp³-hybridized carbons (Fsp3) is 0.231. The highest BCUT2D eigenvalue weighted by Crippen LogP contribution is 2.18. The van der Waals surface area contributed by atoms with Crippen LogP contribution >= 0.6 is 12.2 Å². The number of H-pyrrole nitrogens is 1. The molecule has 2 aromatic rings. The zero-order valence-corrected chi connectivity index (χ0v) is 10.8. The van der Waals surface area contributed by atoms with Crippen LogP contribution in [0.3, 0.4) is 0 Å². The molecule has 0 fully saturated rings. The number of rotatable bonds is 4. The zero-order valence-electron chi connectivity index (χ0n) is 9.94. The van der Waals surface area contributed by atoms with Gasteiger partial charge in [0.25, 0.3) is 0 Å². The Hall–Kier alpha value is -1.59. The van der Waals surface area contributed by atoms with E-state index in [1.165, 1.54) is 12.1 Å². The summed E-state index contributed by atoms with van der Waals surface area (Å²) in [5.41, 5.74) is 1.48. The molecule has 0 bridgehead atoms. The number of halogens is 1. The first-order valence-electron chi connectivity index (χ1n) is 5.63. The average Bonchev–Trinajstić information content (AvgIpc) is 2.36. The SMILES string of the molecule is CCOCc1nc(=S)cc(-c2cccc(F)c2)[nH]1. The fourth-order valence-corrected chi connectivity index (χ4v) is 1.81. The Morgan fingerprint density at radius 2 is 2.22 bits per heavy atom. The Kier molecular flexibility index (Phi) is 4.17. The van der Waals surface area contributed by atoms with E-state index in [0.717, 1.165) is 11.3 Å². The van der Waals surface area contributed by atoms with Crippen molar-refractivity contribution in [3.8, 4) is 11.3 Å². The first-order valence-corrected chi connectivity index (χ1v) is 6.04. The summed E-state index contributed by atoms with van der Waals surface area (Å²) in [6, 6.07) is 8.03. The number of benzene rings is 1. The normalized spacial score (nSPS) is 10.6. The molecule has 0 saturated carbocycles. The second-order valence-corrected chi connectivity index (χ2v) is 4.15. The summed E-state index contributed by atoms with van der Waals surface area (Å²) in [4.78, 5) is 7.25. The van der Waals surface area contributed by atoms with Crippen LogP contribution in [0.2, 0.25) is 0 Å². The molecule has 0 atom stereocenters. The summed E-state index contributed by atoms with van der Waals surface area (Å²) in [6.07, 6.45) is 0. The van der Waals surface area contributed by atoms with Gasteiger partial charge in [0.2, 0.25) is 0 Å². The zero-order chi connectivity index (χ0) is 13.0. The van der Waals surface area contributed by atoms with Gasteiger partial charge in [-0.05, 0) is 25.1 Å². The number of hydrogen-bond acceptors (Lipinski definition) is 3. The van der Waals surface area contributed by atoms with Crippen LogP contribution in [-0.4, -0.2) is 16.6 Å². The predicted octanol–water partition coefficient (Wildman–Crippen LogP) is 3.48. The van der Waals surface area contributed by atoms with Gasteiger partial charge in [-0.3, -0.25) is 0 Å². The first kappa shape index (κ1) is 12.9. The highest BCUT2D eigenvalue weighted by Gasteiger charge is 2.03. The van der Waals surface area contributed by atoms with E-state index in [4.69, 9.17) is 17.0 Å². The van der Waals surface area contributed by atoms with Gasteiger partial charge < -0.3 is 9.72 Å². The van der Waals surface area contributed by atoms with Crippen molar-refractivity contribution in [2.24, 2.45) is 0 Å². The molecule has 0 spiro atoms. The molecule has 0 amide bonds. The van der Waals surface area contributed by atoms with E-state index in [0.29, 0.717) is 23.7 Å². The minimum absolute atomic E-state index is 0.282. The van der Waals surface area contributed by atoms with Crippen molar-refractivity contribution in [1.82, 2.24) is 9.97 Å². The summed E-state index contributed by atoms with van der Waals surface area (Å²) in [6.45, 7) is 2.88. The third kappa shape index (κ3) is 3.21. The monoisotopic (exact) mass is 264 g/mol. The van der Waals surface area contributed by atoms with E-state index in [9.17, 15) is 4.39 Å². The topological polar surface area (TPSA) is 37.9 Å². The smallest absolute Gasteiger partial charge is 0.134 e. The van der Waals surface area contributed by atoms with Gasteiger partial charge in [-0.25, -0.2) is 9.37 Å². The summed E-state index contributed by atoms with van der Waals surface area (Å²) in [5, 5.41) is 0. The third-order valence-electron chi connectivity index (χ3n) is 2.37. The fourth-order valence-electron chi connectivity index (χ4n) is 1.59. The molecule has 3 nitrogen and oxygen atoms in total. The van der Waals surface area contributed by atoms with E-state index in [1.54, 1.807) is 12.1 Å². The summed E-state index contributed by atoms with van der Waals surface area (Å²) in [5.74, 6) is 0.360. The van der Waals surface area contributed by atoms with Gasteiger partial charge in [0.1, 0.15) is 22.9 Å². The molecule has 0 aliphatic carbocycles. The molecular weight excluding hydrogens is 251 g/mol. The maximum Gasteiger partial charge on any atom is 0.134 e. The second-order valence-electron chi connectivity index (χ2n) is 3.73. The van der Waals surface area contributed by atoms with Crippen molar-refractivity contribution < 1.29 is 9.13 Å².